The molecule has 6 heteroatoms. The Balaban J connectivity index is 1.80. The van der Waals surface area contributed by atoms with Crippen molar-refractivity contribution in [1.82, 2.24) is 0 Å². The fourth-order valence-corrected chi connectivity index (χ4v) is 3.22. The van der Waals surface area contributed by atoms with Crippen LogP contribution in [0.25, 0.3) is 0 Å². The molecule has 2 atom stereocenters. The van der Waals surface area contributed by atoms with Crippen LogP contribution in [-0.4, -0.2) is 23.0 Å². The first-order valence-corrected chi connectivity index (χ1v) is 8.75. The highest BCUT2D eigenvalue weighted by atomic mass is 32.2. The lowest BCUT2D eigenvalue weighted by Gasteiger charge is -2.25. The van der Waals surface area contributed by atoms with Crippen LogP contribution in [-0.2, 0) is 26.8 Å². The average molecular weight is 333 g/mol. The Hall–Kier alpha value is -2.05. The molecular formula is C17H16FNO3S. The van der Waals surface area contributed by atoms with Gasteiger partial charge < -0.3 is 10.1 Å². The largest absolute Gasteiger partial charge is 0.363 e. The maximum Gasteiger partial charge on any atom is 0.258 e. The molecule has 23 heavy (non-hydrogen) atoms. The van der Waals surface area contributed by atoms with Crippen LogP contribution < -0.4 is 5.32 Å². The molecule has 0 saturated heterocycles. The number of nitrogens with one attached hydrogen (secondary N) is 1. The van der Waals surface area contributed by atoms with E-state index in [1.54, 1.807) is 0 Å². The highest BCUT2D eigenvalue weighted by Crippen LogP contribution is 2.28. The van der Waals surface area contributed by atoms with Crippen LogP contribution in [0.3, 0.4) is 0 Å². The van der Waals surface area contributed by atoms with Gasteiger partial charge in [0.1, 0.15) is 5.82 Å². The zero-order valence-electron chi connectivity index (χ0n) is 12.5. The maximum atomic E-state index is 13.9. The number of benzene rings is 2. The summed E-state index contributed by atoms with van der Waals surface area (Å²) < 4.78 is 30.8. The van der Waals surface area contributed by atoms with Crippen molar-refractivity contribution in [3.8, 4) is 0 Å². The van der Waals surface area contributed by atoms with Crippen LogP contribution in [0.2, 0.25) is 0 Å². The Morgan fingerprint density at radius 1 is 1.30 bits per heavy atom. The highest BCUT2D eigenvalue weighted by molar-refractivity contribution is 7.84. The Bertz CT molecular complexity index is 778. The maximum absolute atomic E-state index is 13.9. The van der Waals surface area contributed by atoms with E-state index in [-0.39, 0.29) is 10.8 Å². The molecule has 2 aromatic rings. The lowest BCUT2D eigenvalue weighted by atomic mass is 9.97. The molecule has 1 aliphatic rings. The topological polar surface area (TPSA) is 55.4 Å². The summed E-state index contributed by atoms with van der Waals surface area (Å²) in [7, 11) is -1.41. The van der Waals surface area contributed by atoms with Gasteiger partial charge in [-0.2, -0.15) is 0 Å². The van der Waals surface area contributed by atoms with Crippen LogP contribution in [0.15, 0.2) is 47.4 Å². The minimum atomic E-state index is -1.41. The standard InChI is InChI=1S/C17H16FNO3S/c1-23(21)15-7-6-12(10-14(15)18)19-17(20)16-13-5-3-2-4-11(13)8-9-22-16/h2-7,10,16H,8-9H2,1H3,(H,19,20)/t16-,23+/m1/s1. The lowest BCUT2D eigenvalue weighted by molar-refractivity contribution is -0.128. The summed E-state index contributed by atoms with van der Waals surface area (Å²) in [5.41, 5.74) is 2.23. The molecular weight excluding hydrogens is 317 g/mol. The van der Waals surface area contributed by atoms with Crippen LogP contribution in [0.5, 0.6) is 0 Å². The van der Waals surface area contributed by atoms with E-state index in [1.807, 2.05) is 24.3 Å². The smallest absolute Gasteiger partial charge is 0.258 e. The van der Waals surface area contributed by atoms with Gasteiger partial charge in [-0.25, -0.2) is 4.39 Å². The molecule has 0 bridgehead atoms. The lowest BCUT2D eigenvalue weighted by Crippen LogP contribution is -2.28. The first-order chi connectivity index (χ1) is 11.1. The van der Waals surface area contributed by atoms with Gasteiger partial charge in [0.2, 0.25) is 0 Å². The highest BCUT2D eigenvalue weighted by Gasteiger charge is 2.27. The van der Waals surface area contributed by atoms with Gasteiger partial charge in [0.15, 0.2) is 6.10 Å². The third kappa shape index (κ3) is 3.33. The second-order valence-electron chi connectivity index (χ2n) is 5.29. The zero-order valence-corrected chi connectivity index (χ0v) is 13.4. The molecule has 0 saturated carbocycles. The van der Waals surface area contributed by atoms with Crippen molar-refractivity contribution in [3.63, 3.8) is 0 Å². The van der Waals surface area contributed by atoms with Gasteiger partial charge in [-0.05, 0) is 35.7 Å². The number of rotatable bonds is 3. The number of anilines is 1. The van der Waals surface area contributed by atoms with E-state index in [2.05, 4.69) is 5.32 Å². The summed E-state index contributed by atoms with van der Waals surface area (Å²) >= 11 is 0. The number of ether oxygens (including phenoxy) is 1. The van der Waals surface area contributed by atoms with Crippen molar-refractivity contribution in [2.45, 2.75) is 17.4 Å². The van der Waals surface area contributed by atoms with Gasteiger partial charge in [0.25, 0.3) is 5.91 Å². The summed E-state index contributed by atoms with van der Waals surface area (Å²) in [4.78, 5) is 12.6. The monoisotopic (exact) mass is 333 g/mol. The van der Waals surface area contributed by atoms with Gasteiger partial charge in [-0.1, -0.05) is 24.3 Å². The Morgan fingerprint density at radius 2 is 2.09 bits per heavy atom. The molecule has 0 aromatic heterocycles. The molecule has 0 aliphatic carbocycles. The van der Waals surface area contributed by atoms with Crippen LogP contribution in [0.1, 0.15) is 17.2 Å². The molecule has 0 unspecified atom stereocenters. The normalized spacial score (nSPS) is 18.1. The van der Waals surface area contributed by atoms with E-state index in [0.717, 1.165) is 17.5 Å². The van der Waals surface area contributed by atoms with E-state index >= 15 is 0 Å². The minimum Gasteiger partial charge on any atom is -0.363 e. The molecule has 4 nitrogen and oxygen atoms in total. The first kappa shape index (κ1) is 15.8. The number of amides is 1. The quantitative estimate of drug-likeness (QED) is 0.940. The molecule has 3 rings (SSSR count). The van der Waals surface area contributed by atoms with E-state index in [4.69, 9.17) is 4.74 Å². The molecule has 0 fully saturated rings. The van der Waals surface area contributed by atoms with Crippen molar-refractivity contribution >= 4 is 22.4 Å². The fraction of sp³-hybridized carbons (Fsp3) is 0.235. The van der Waals surface area contributed by atoms with Crippen LogP contribution in [0.4, 0.5) is 10.1 Å². The number of hydrogen-bond donors (Lipinski definition) is 1. The van der Waals surface area contributed by atoms with E-state index < -0.39 is 22.7 Å². The predicted octanol–water partition coefficient (Wildman–Crippen LogP) is 2.82. The van der Waals surface area contributed by atoms with E-state index in [9.17, 15) is 13.4 Å². The zero-order chi connectivity index (χ0) is 16.4. The Labute approximate surface area is 136 Å². The molecule has 1 aliphatic heterocycles. The predicted molar refractivity (Wildman–Crippen MR) is 86.2 cm³/mol. The van der Waals surface area contributed by atoms with Gasteiger partial charge in [0.05, 0.1) is 22.3 Å². The summed E-state index contributed by atoms with van der Waals surface area (Å²) in [6, 6.07) is 11.7. The van der Waals surface area contributed by atoms with Gasteiger partial charge in [0, 0.05) is 11.9 Å². The Kier molecular flexibility index (Phi) is 4.54. The van der Waals surface area contributed by atoms with E-state index in [1.165, 1.54) is 24.5 Å². The van der Waals surface area contributed by atoms with Gasteiger partial charge in [-0.15, -0.1) is 0 Å². The minimum absolute atomic E-state index is 0.113. The second-order valence-corrected chi connectivity index (χ2v) is 6.64. The van der Waals surface area contributed by atoms with Gasteiger partial charge >= 0.3 is 0 Å². The summed E-state index contributed by atoms with van der Waals surface area (Å²) in [5.74, 6) is -0.949. The molecule has 1 N–H and O–H groups in total. The van der Waals surface area contributed by atoms with Crippen LogP contribution >= 0.6 is 0 Å². The molecule has 1 heterocycles. The van der Waals surface area contributed by atoms with Crippen LogP contribution in [0, 0.1) is 5.82 Å². The number of halogens is 1. The average Bonchev–Trinajstić information content (AvgIpc) is 2.54. The first-order valence-electron chi connectivity index (χ1n) is 7.19. The molecule has 2 aromatic carbocycles. The summed E-state index contributed by atoms with van der Waals surface area (Å²) in [6.45, 7) is 0.469. The number of carbonyl (C=O) groups is 1. The molecule has 120 valence electrons. The number of carbonyl (C=O) groups excluding carboxylic acids is 1. The summed E-state index contributed by atoms with van der Waals surface area (Å²) in [6.07, 6.45) is 1.47. The molecule has 0 spiro atoms. The fourth-order valence-electron chi connectivity index (χ4n) is 2.63. The van der Waals surface area contributed by atoms with Crippen molar-refractivity contribution in [2.24, 2.45) is 0 Å². The van der Waals surface area contributed by atoms with E-state index in [0.29, 0.717) is 12.3 Å². The number of fused-ring (bicyclic) bond motifs is 1. The Morgan fingerprint density at radius 3 is 2.83 bits per heavy atom. The molecule has 1 amide bonds. The van der Waals surface area contributed by atoms with Crippen molar-refractivity contribution < 1.29 is 18.1 Å². The van der Waals surface area contributed by atoms with Gasteiger partial charge in [-0.3, -0.25) is 9.00 Å². The van der Waals surface area contributed by atoms with Crippen molar-refractivity contribution in [2.75, 3.05) is 18.2 Å². The van der Waals surface area contributed by atoms with Crippen molar-refractivity contribution in [3.05, 3.63) is 59.4 Å². The summed E-state index contributed by atoms with van der Waals surface area (Å²) in [5, 5.41) is 2.66. The third-order valence-corrected chi connectivity index (χ3v) is 4.69. The SMILES string of the molecule is C[S@](=O)c1ccc(NC(=O)[C@@H]2OCCc3ccccc32)cc1F. The number of hydrogen-bond acceptors (Lipinski definition) is 3. The molecule has 0 radical (unpaired) electrons. The second kappa shape index (κ2) is 6.60. The van der Waals surface area contributed by atoms with Crippen molar-refractivity contribution in [1.29, 1.82) is 0 Å². The third-order valence-electron chi connectivity index (χ3n) is 3.74.